The maximum Gasteiger partial charge on any atom is 0.569 e. The van der Waals surface area contributed by atoms with Crippen LogP contribution in [0.25, 0.3) is 161 Å². The van der Waals surface area contributed by atoms with Crippen LogP contribution < -0.4 is 4.65 Å². The third-order valence-electron chi connectivity index (χ3n) is 23.1. The molecular formula is C98H57BBrO2S2. The summed E-state index contributed by atoms with van der Waals surface area (Å²) in [5.41, 5.74) is 23.6. The monoisotopic (exact) mass is 1420 g/mol. The van der Waals surface area contributed by atoms with Crippen molar-refractivity contribution in [3.63, 3.8) is 0 Å². The summed E-state index contributed by atoms with van der Waals surface area (Å²) in [5.74, 6) is 0.696. The number of fused-ring (bicyclic) bond motifs is 38. The van der Waals surface area contributed by atoms with E-state index in [0.717, 1.165) is 16.9 Å². The van der Waals surface area contributed by atoms with E-state index in [-0.39, 0.29) is 5.41 Å². The van der Waals surface area contributed by atoms with Crippen LogP contribution in [0.5, 0.6) is 5.75 Å². The highest BCUT2D eigenvalue weighted by atomic mass is 79.9. The third kappa shape index (κ3) is 8.25. The lowest BCUT2D eigenvalue weighted by atomic mass is 9.70. The summed E-state index contributed by atoms with van der Waals surface area (Å²) in [6.45, 7) is 0. The molecule has 4 aliphatic rings. The Kier molecular flexibility index (Phi) is 13.2. The molecule has 0 bridgehead atoms. The van der Waals surface area contributed by atoms with E-state index in [4.69, 9.17) is 9.68 Å². The van der Waals surface area contributed by atoms with Crippen LogP contribution in [-0.2, 0) is 10.8 Å². The molecule has 1 N–H and O–H groups in total. The first-order chi connectivity index (χ1) is 51.5. The maximum atomic E-state index is 8.71. The van der Waals surface area contributed by atoms with Gasteiger partial charge >= 0.3 is 7.69 Å². The number of rotatable bonds is 3. The normalized spacial score (nSPS) is 13.4. The summed E-state index contributed by atoms with van der Waals surface area (Å²) in [6, 6.07) is 126. The molecule has 2 spiro atoms. The van der Waals surface area contributed by atoms with Crippen LogP contribution in [0.15, 0.2) is 344 Å². The quantitative estimate of drug-likeness (QED) is 0.141. The van der Waals surface area contributed by atoms with Crippen LogP contribution in [-0.4, -0.2) is 12.7 Å². The summed E-state index contributed by atoms with van der Waals surface area (Å²) in [4.78, 5) is 0. The Bertz CT molecular complexity index is 7030. The van der Waals surface area contributed by atoms with Crippen LogP contribution in [0.4, 0.5) is 0 Å². The fourth-order valence-corrected chi connectivity index (χ4v) is 21.8. The highest BCUT2D eigenvalue weighted by Gasteiger charge is 2.53. The lowest BCUT2D eigenvalue weighted by molar-refractivity contribution is 0.457. The Labute approximate surface area is 617 Å². The Morgan fingerprint density at radius 1 is 0.240 bits per heavy atom. The summed E-state index contributed by atoms with van der Waals surface area (Å²) in [7, 11) is 0.721. The van der Waals surface area contributed by atoms with Crippen molar-refractivity contribution in [3.8, 4) is 61.4 Å². The van der Waals surface area contributed by atoms with Gasteiger partial charge in [0, 0.05) is 40.1 Å². The van der Waals surface area contributed by atoms with Gasteiger partial charge in [-0.25, -0.2) is 0 Å². The predicted octanol–water partition coefficient (Wildman–Crippen LogP) is 26.7. The van der Waals surface area contributed by atoms with Gasteiger partial charge < -0.3 is 9.68 Å². The molecule has 1 radical (unpaired) electrons. The molecule has 0 saturated carbocycles. The second kappa shape index (κ2) is 22.9. The second-order valence-corrected chi connectivity index (χ2v) is 31.0. The van der Waals surface area contributed by atoms with E-state index in [0.29, 0.717) is 5.75 Å². The van der Waals surface area contributed by atoms with Crippen molar-refractivity contribution in [3.05, 3.63) is 389 Å². The smallest absolute Gasteiger partial charge is 0.536 e. The molecule has 24 rings (SSSR count). The van der Waals surface area contributed by atoms with E-state index in [1.165, 1.54) is 200 Å². The SMILES string of the molecule is Brc1ccc2c(c1)-c1cc3c4ccccc4c4ccccc4c3cc1C21c2ccccc2-c2ccccc21.O[B]Oc1cccc2c1sc1ccccc12.c1ccc2c(c1)-c1ccccc1C21c2ccc(-c3cccc4c3sc3ccccc34)cc2-c2cc3c4ccccc4c4ccccc4c3cc21. The van der Waals surface area contributed by atoms with Gasteiger partial charge in [0.05, 0.1) is 15.5 Å². The third-order valence-corrected chi connectivity index (χ3v) is 26.0. The Hall–Kier alpha value is -11.7. The zero-order chi connectivity index (χ0) is 68.5. The first-order valence-corrected chi connectivity index (χ1v) is 37.9. The Morgan fingerprint density at radius 3 is 1.01 bits per heavy atom. The van der Waals surface area contributed by atoms with Gasteiger partial charge in [-0.05, 0) is 225 Å². The molecule has 2 nitrogen and oxygen atoms in total. The molecule has 0 aliphatic heterocycles. The zero-order valence-electron chi connectivity index (χ0n) is 56.0. The minimum atomic E-state index is -0.402. The number of thiophene rings is 2. The molecule has 6 heteroatoms. The Morgan fingerprint density at radius 2 is 0.558 bits per heavy atom. The first-order valence-electron chi connectivity index (χ1n) is 35.5. The van der Waals surface area contributed by atoms with Crippen LogP contribution in [0.1, 0.15) is 44.5 Å². The van der Waals surface area contributed by atoms with Gasteiger partial charge in [0.25, 0.3) is 0 Å². The maximum absolute atomic E-state index is 8.71. The molecule has 0 amide bonds. The largest absolute Gasteiger partial charge is 0.569 e. The minimum absolute atomic E-state index is 0.334. The lowest BCUT2D eigenvalue weighted by Gasteiger charge is -2.31. The van der Waals surface area contributed by atoms with E-state index in [9.17, 15) is 0 Å². The van der Waals surface area contributed by atoms with Crippen molar-refractivity contribution >= 4 is 151 Å². The van der Waals surface area contributed by atoms with E-state index >= 15 is 0 Å². The standard InChI is InChI=1S/C49H28S.C37H21Br.C12H8BO2S/c1-3-14-33-31(12-1)32-13-2-4-15-34(32)40-28-46-42(27-39(33)40)41-26-29(30-19-11-20-38-37-18-7-10-23-47(37)50-48(30)38)24-25-45(41)49(46)43-21-8-5-16-35(43)36-17-6-9-22-44(36)49;38-22-17-18-35-31(19-22)32-20-29-25-11-3-1-9-23(25)24-10-2-4-12-26(24)30(29)21-36(32)37(35)33-15-7-5-13-27(33)28-14-6-8-16-34(28)37;14-13-15-10-6-3-5-9-8-4-1-2-7-11(8)16-12(9)10/h1-28H;1-21H;1-7,14H. The van der Waals surface area contributed by atoms with Gasteiger partial charge in [-0.2, -0.15) is 0 Å². The molecule has 2 aromatic heterocycles. The molecule has 0 unspecified atom stereocenters. The van der Waals surface area contributed by atoms with Crippen molar-refractivity contribution in [1.82, 2.24) is 0 Å². The van der Waals surface area contributed by atoms with Crippen molar-refractivity contribution in [1.29, 1.82) is 0 Å². The zero-order valence-corrected chi connectivity index (χ0v) is 59.2. The average Bonchev–Trinajstić information content (AvgIpc) is 1.51. The van der Waals surface area contributed by atoms with Crippen molar-refractivity contribution in [2.75, 3.05) is 0 Å². The molecular weight excluding hydrogens is 1360 g/mol. The van der Waals surface area contributed by atoms with E-state index in [1.54, 1.807) is 11.3 Å². The van der Waals surface area contributed by atoms with E-state index in [1.807, 2.05) is 35.6 Å². The van der Waals surface area contributed by atoms with Crippen LogP contribution in [0, 0.1) is 0 Å². The second-order valence-electron chi connectivity index (χ2n) is 27.9. The van der Waals surface area contributed by atoms with Crippen LogP contribution in [0.2, 0.25) is 0 Å². The molecule has 18 aromatic carbocycles. The molecule has 20 aromatic rings. The predicted molar refractivity (Wildman–Crippen MR) is 444 cm³/mol. The number of benzene rings is 18. The van der Waals surface area contributed by atoms with Gasteiger partial charge in [-0.15, -0.1) is 22.7 Å². The molecule has 0 saturated heterocycles. The van der Waals surface area contributed by atoms with Crippen molar-refractivity contribution in [2.24, 2.45) is 0 Å². The summed E-state index contributed by atoms with van der Waals surface area (Å²) < 4.78 is 11.2. The highest BCUT2D eigenvalue weighted by molar-refractivity contribution is 9.10. The van der Waals surface area contributed by atoms with Gasteiger partial charge in [0.15, 0.2) is 0 Å². The average molecular weight is 1420 g/mol. The summed E-state index contributed by atoms with van der Waals surface area (Å²) >= 11 is 7.38. The van der Waals surface area contributed by atoms with Gasteiger partial charge in [-0.3, -0.25) is 0 Å². The van der Waals surface area contributed by atoms with Gasteiger partial charge in [0.2, 0.25) is 0 Å². The number of halogens is 1. The van der Waals surface area contributed by atoms with E-state index < -0.39 is 5.41 Å². The molecule has 104 heavy (non-hydrogen) atoms. The first kappa shape index (κ1) is 59.9. The van der Waals surface area contributed by atoms with Crippen LogP contribution >= 0.6 is 38.6 Å². The summed E-state index contributed by atoms with van der Waals surface area (Å²) in [6.07, 6.45) is 0. The Balaban J connectivity index is 0.000000110. The summed E-state index contributed by atoms with van der Waals surface area (Å²) in [5, 5.41) is 29.6. The molecule has 0 atom stereocenters. The molecule has 483 valence electrons. The minimum Gasteiger partial charge on any atom is -0.536 e. The fraction of sp³-hybridized carbons (Fsp3) is 0.0204. The molecule has 2 heterocycles. The lowest BCUT2D eigenvalue weighted by Crippen LogP contribution is -2.25. The van der Waals surface area contributed by atoms with E-state index in [2.05, 4.69) is 331 Å². The number of hydrogen-bond acceptors (Lipinski definition) is 4. The van der Waals surface area contributed by atoms with Gasteiger partial charge in [0.1, 0.15) is 5.75 Å². The molecule has 0 fully saturated rings. The van der Waals surface area contributed by atoms with Crippen molar-refractivity contribution in [2.45, 2.75) is 10.8 Å². The molecule has 4 aliphatic carbocycles. The van der Waals surface area contributed by atoms with Crippen LogP contribution in [0.3, 0.4) is 0 Å². The highest BCUT2D eigenvalue weighted by Crippen LogP contribution is 2.66. The fourth-order valence-electron chi connectivity index (χ4n) is 19.1. The topological polar surface area (TPSA) is 29.5 Å². The van der Waals surface area contributed by atoms with Gasteiger partial charge in [-0.1, -0.05) is 295 Å². The van der Waals surface area contributed by atoms with Crippen molar-refractivity contribution < 1.29 is 9.68 Å². The number of hydrogen-bond donors (Lipinski definition) is 1.